The number of hydrogen-bond donors (Lipinski definition) is 3. The Kier molecular flexibility index (Phi) is 6.82. The second kappa shape index (κ2) is 9.52. The summed E-state index contributed by atoms with van der Waals surface area (Å²) in [6.07, 6.45) is 3.07. The average Bonchev–Trinajstić information content (AvgIpc) is 2.70. The molecule has 0 spiro atoms. The largest absolute Gasteiger partial charge is 0.298 e. The van der Waals surface area contributed by atoms with Crippen LogP contribution in [0.25, 0.3) is 16.8 Å². The molecule has 0 heterocycles. The molecule has 3 N–H and O–H groups in total. The Balaban J connectivity index is 1.55. The molecular weight excluding hydrogens is 429 g/mol. The topological polar surface area (TPSA) is 70.2 Å². The van der Waals surface area contributed by atoms with Crippen LogP contribution in [0.3, 0.4) is 0 Å². The highest BCUT2D eigenvalue weighted by Gasteiger charge is 2.11. The first-order valence-electron chi connectivity index (χ1n) is 8.46. The Labute approximate surface area is 182 Å². The number of hydrazine groups is 1. The number of benzene rings is 3. The zero-order valence-corrected chi connectivity index (χ0v) is 17.2. The van der Waals surface area contributed by atoms with E-state index < -0.39 is 11.8 Å². The smallest absolute Gasteiger partial charge is 0.271 e. The number of carbonyl (C=O) groups excluding carboxylic acids is 2. The van der Waals surface area contributed by atoms with E-state index in [1.807, 2.05) is 42.5 Å². The van der Waals surface area contributed by atoms with Crippen LogP contribution in [-0.2, 0) is 4.79 Å². The van der Waals surface area contributed by atoms with Crippen LogP contribution in [0.15, 0.2) is 66.7 Å². The lowest BCUT2D eigenvalue weighted by molar-refractivity contribution is -0.115. The molecule has 0 aliphatic heterocycles. The van der Waals surface area contributed by atoms with Crippen molar-refractivity contribution in [3.63, 3.8) is 0 Å². The molecule has 0 saturated heterocycles. The molecule has 146 valence electrons. The molecule has 0 bridgehead atoms. The molecule has 3 aromatic carbocycles. The van der Waals surface area contributed by atoms with Gasteiger partial charge in [0.15, 0.2) is 5.11 Å². The van der Waals surface area contributed by atoms with Crippen LogP contribution < -0.4 is 16.2 Å². The van der Waals surface area contributed by atoms with E-state index in [0.29, 0.717) is 5.02 Å². The Morgan fingerprint density at radius 3 is 2.48 bits per heavy atom. The first-order chi connectivity index (χ1) is 13.9. The zero-order chi connectivity index (χ0) is 20.8. The number of carbonyl (C=O) groups is 2. The minimum Gasteiger partial charge on any atom is -0.298 e. The van der Waals surface area contributed by atoms with Crippen molar-refractivity contribution in [1.29, 1.82) is 0 Å². The molecule has 0 radical (unpaired) electrons. The molecule has 5 nitrogen and oxygen atoms in total. The van der Waals surface area contributed by atoms with Crippen LogP contribution in [0.2, 0.25) is 10.0 Å². The van der Waals surface area contributed by atoms with Crippen LogP contribution in [-0.4, -0.2) is 16.9 Å². The van der Waals surface area contributed by atoms with Crippen molar-refractivity contribution in [2.45, 2.75) is 0 Å². The molecule has 2 amide bonds. The van der Waals surface area contributed by atoms with Crippen molar-refractivity contribution in [3.05, 3.63) is 87.9 Å². The van der Waals surface area contributed by atoms with Gasteiger partial charge in [-0.3, -0.25) is 25.8 Å². The molecule has 0 aromatic heterocycles. The molecule has 29 heavy (non-hydrogen) atoms. The van der Waals surface area contributed by atoms with E-state index in [2.05, 4.69) is 16.2 Å². The van der Waals surface area contributed by atoms with E-state index in [4.69, 9.17) is 35.4 Å². The van der Waals surface area contributed by atoms with Crippen LogP contribution in [0.4, 0.5) is 0 Å². The van der Waals surface area contributed by atoms with Crippen molar-refractivity contribution in [3.8, 4) is 0 Å². The molecule has 0 saturated carbocycles. The van der Waals surface area contributed by atoms with Gasteiger partial charge in [0, 0.05) is 11.1 Å². The maximum Gasteiger partial charge on any atom is 0.271 e. The van der Waals surface area contributed by atoms with E-state index in [-0.39, 0.29) is 15.7 Å². The quantitative estimate of drug-likeness (QED) is 0.316. The predicted octanol–water partition coefficient (Wildman–Crippen LogP) is 4.50. The highest BCUT2D eigenvalue weighted by molar-refractivity contribution is 7.80. The number of rotatable bonds is 3. The summed E-state index contributed by atoms with van der Waals surface area (Å²) in [7, 11) is 0. The van der Waals surface area contributed by atoms with Gasteiger partial charge in [0.2, 0.25) is 5.91 Å². The molecular formula is C21H15Cl2N3O2S. The number of amides is 2. The third kappa shape index (κ3) is 5.54. The van der Waals surface area contributed by atoms with Crippen molar-refractivity contribution < 1.29 is 9.59 Å². The van der Waals surface area contributed by atoms with Gasteiger partial charge < -0.3 is 0 Å². The lowest BCUT2D eigenvalue weighted by Gasteiger charge is -2.10. The van der Waals surface area contributed by atoms with E-state index >= 15 is 0 Å². The summed E-state index contributed by atoms with van der Waals surface area (Å²) in [6.45, 7) is 0. The van der Waals surface area contributed by atoms with Gasteiger partial charge in [-0.15, -0.1) is 0 Å². The van der Waals surface area contributed by atoms with E-state index in [1.54, 1.807) is 12.1 Å². The summed E-state index contributed by atoms with van der Waals surface area (Å²) in [4.78, 5) is 24.2. The normalized spacial score (nSPS) is 10.7. The van der Waals surface area contributed by atoms with Gasteiger partial charge >= 0.3 is 0 Å². The fourth-order valence-corrected chi connectivity index (χ4v) is 3.25. The summed E-state index contributed by atoms with van der Waals surface area (Å²) in [6, 6.07) is 18.2. The number of halogens is 2. The summed E-state index contributed by atoms with van der Waals surface area (Å²) in [5, 5.41) is 5.12. The molecule has 3 aromatic rings. The average molecular weight is 444 g/mol. The van der Waals surface area contributed by atoms with Gasteiger partial charge in [0.05, 0.1) is 10.6 Å². The minimum absolute atomic E-state index is 0.0593. The summed E-state index contributed by atoms with van der Waals surface area (Å²) < 4.78 is 0. The van der Waals surface area contributed by atoms with Crippen molar-refractivity contribution in [2.75, 3.05) is 0 Å². The second-order valence-electron chi connectivity index (χ2n) is 5.92. The third-order valence-electron chi connectivity index (χ3n) is 3.94. The first-order valence-corrected chi connectivity index (χ1v) is 9.62. The highest BCUT2D eigenvalue weighted by atomic mass is 35.5. The van der Waals surface area contributed by atoms with Gasteiger partial charge in [-0.1, -0.05) is 65.7 Å². The first kappa shape index (κ1) is 20.8. The minimum atomic E-state index is -0.519. The predicted molar refractivity (Wildman–Crippen MR) is 121 cm³/mol. The number of nitrogens with one attached hydrogen (secondary N) is 3. The highest BCUT2D eigenvalue weighted by Crippen LogP contribution is 2.21. The maximum atomic E-state index is 12.1. The van der Waals surface area contributed by atoms with Crippen molar-refractivity contribution in [1.82, 2.24) is 16.2 Å². The molecule has 3 rings (SSSR count). The van der Waals surface area contributed by atoms with Crippen LogP contribution in [0.5, 0.6) is 0 Å². The number of fused-ring (bicyclic) bond motifs is 1. The molecule has 0 aliphatic rings. The Bertz CT molecular complexity index is 1130. The van der Waals surface area contributed by atoms with E-state index in [9.17, 15) is 9.59 Å². The third-order valence-corrected chi connectivity index (χ3v) is 4.69. The van der Waals surface area contributed by atoms with Gasteiger partial charge in [-0.05, 0) is 52.8 Å². The Hall–Kier alpha value is -2.93. The Morgan fingerprint density at radius 2 is 1.69 bits per heavy atom. The molecule has 8 heteroatoms. The van der Waals surface area contributed by atoms with E-state index in [0.717, 1.165) is 16.3 Å². The summed E-state index contributed by atoms with van der Waals surface area (Å²) in [5.74, 6) is -0.955. The fourth-order valence-electron chi connectivity index (χ4n) is 2.60. The van der Waals surface area contributed by atoms with Crippen LogP contribution >= 0.6 is 35.4 Å². The van der Waals surface area contributed by atoms with E-state index in [1.165, 1.54) is 18.2 Å². The molecule has 0 aliphatic carbocycles. The second-order valence-corrected chi connectivity index (χ2v) is 7.18. The standard InChI is InChI=1S/C21H15Cl2N3O2S/c22-15-9-10-17(18(23)12-15)20(28)25-26-21(29)24-19(27)11-8-14-6-3-5-13-4-1-2-7-16(13)14/h1-12H,(H,25,28)(H2,24,26,27,29)/b11-8+. The molecule has 0 atom stereocenters. The zero-order valence-electron chi connectivity index (χ0n) is 14.9. The number of hydrogen-bond acceptors (Lipinski definition) is 3. The summed E-state index contributed by atoms with van der Waals surface area (Å²) >= 11 is 16.8. The maximum absolute atomic E-state index is 12.1. The van der Waals surface area contributed by atoms with Gasteiger partial charge in [0.1, 0.15) is 0 Å². The van der Waals surface area contributed by atoms with Crippen molar-refractivity contribution in [2.24, 2.45) is 0 Å². The van der Waals surface area contributed by atoms with Gasteiger partial charge in [0.25, 0.3) is 5.91 Å². The lowest BCUT2D eigenvalue weighted by Crippen LogP contribution is -2.48. The van der Waals surface area contributed by atoms with Crippen molar-refractivity contribution >= 4 is 69.2 Å². The SMILES string of the molecule is O=C(/C=C/c1cccc2ccccc12)NC(=S)NNC(=O)c1ccc(Cl)cc1Cl. The van der Waals surface area contributed by atoms with Crippen LogP contribution in [0.1, 0.15) is 15.9 Å². The van der Waals surface area contributed by atoms with Gasteiger partial charge in [-0.25, -0.2) is 0 Å². The monoisotopic (exact) mass is 443 g/mol. The number of thiocarbonyl (C=S) groups is 1. The van der Waals surface area contributed by atoms with Gasteiger partial charge in [-0.2, -0.15) is 0 Å². The summed E-state index contributed by atoms with van der Waals surface area (Å²) in [5.41, 5.74) is 5.94. The Morgan fingerprint density at radius 1 is 0.931 bits per heavy atom. The molecule has 0 unspecified atom stereocenters. The van der Waals surface area contributed by atoms with Crippen LogP contribution in [0, 0.1) is 0 Å². The lowest BCUT2D eigenvalue weighted by atomic mass is 10.0. The molecule has 0 fully saturated rings. The fraction of sp³-hybridized carbons (Fsp3) is 0.